The van der Waals surface area contributed by atoms with E-state index in [1.54, 1.807) is 7.11 Å². The molecule has 0 N–H and O–H groups in total. The summed E-state index contributed by atoms with van der Waals surface area (Å²) in [5.74, 6) is 0.653. The van der Waals surface area contributed by atoms with Crippen molar-refractivity contribution in [3.8, 4) is 6.07 Å². The van der Waals surface area contributed by atoms with Gasteiger partial charge in [0.1, 0.15) is 12.9 Å². The van der Waals surface area contributed by atoms with Crippen molar-refractivity contribution < 1.29 is 18.9 Å². The molecule has 1 aliphatic heterocycles. The van der Waals surface area contributed by atoms with E-state index in [-0.39, 0.29) is 25.1 Å². The van der Waals surface area contributed by atoms with E-state index in [2.05, 4.69) is 6.07 Å². The summed E-state index contributed by atoms with van der Waals surface area (Å²) in [4.78, 5) is 0. The van der Waals surface area contributed by atoms with Crippen LogP contribution in [0.4, 0.5) is 0 Å². The van der Waals surface area contributed by atoms with E-state index < -0.39 is 0 Å². The molecule has 5 heteroatoms. The van der Waals surface area contributed by atoms with E-state index >= 15 is 0 Å². The number of nitriles is 1. The molecule has 0 aromatic carbocycles. The predicted octanol–water partition coefficient (Wildman–Crippen LogP) is 1.68. The molecule has 2 rings (SSSR count). The average Bonchev–Trinajstić information content (AvgIpc) is 2.46. The molecule has 0 aromatic rings. The van der Waals surface area contributed by atoms with Gasteiger partial charge in [0.05, 0.1) is 19.3 Å². The van der Waals surface area contributed by atoms with Crippen molar-refractivity contribution in [1.29, 1.82) is 5.26 Å². The molecule has 0 bridgehead atoms. The van der Waals surface area contributed by atoms with Crippen LogP contribution in [0, 0.1) is 23.2 Å². The minimum Gasteiger partial charge on any atom is -0.359 e. The van der Waals surface area contributed by atoms with Crippen molar-refractivity contribution in [2.75, 3.05) is 27.1 Å². The number of hydrogen-bond donors (Lipinski definition) is 0. The molecular formula is C13H21NO4. The van der Waals surface area contributed by atoms with Gasteiger partial charge in [0.25, 0.3) is 0 Å². The van der Waals surface area contributed by atoms with E-state index in [0.717, 1.165) is 25.7 Å². The summed E-state index contributed by atoms with van der Waals surface area (Å²) < 4.78 is 21.7. The molecule has 1 heterocycles. The first-order valence-electron chi connectivity index (χ1n) is 6.57. The van der Waals surface area contributed by atoms with E-state index in [1.165, 1.54) is 0 Å². The molecule has 1 aliphatic carbocycles. The minimum absolute atomic E-state index is 0.0309. The highest BCUT2D eigenvalue weighted by molar-refractivity contribution is 4.88. The second-order valence-electron chi connectivity index (χ2n) is 4.97. The molecule has 0 atom stereocenters. The maximum atomic E-state index is 8.86. The van der Waals surface area contributed by atoms with Crippen LogP contribution in [0.3, 0.4) is 0 Å². The number of methoxy groups -OCH3 is 1. The Morgan fingerprint density at radius 3 is 2.39 bits per heavy atom. The lowest BCUT2D eigenvalue weighted by atomic mass is 9.82. The van der Waals surface area contributed by atoms with Gasteiger partial charge in [-0.25, -0.2) is 0 Å². The van der Waals surface area contributed by atoms with Crippen molar-refractivity contribution in [3.63, 3.8) is 0 Å². The van der Waals surface area contributed by atoms with E-state index in [1.807, 2.05) is 0 Å². The third kappa shape index (κ3) is 3.66. The van der Waals surface area contributed by atoms with Crippen LogP contribution in [0.15, 0.2) is 0 Å². The van der Waals surface area contributed by atoms with Crippen LogP contribution < -0.4 is 0 Å². The average molecular weight is 255 g/mol. The summed E-state index contributed by atoms with van der Waals surface area (Å²) in [6, 6.07) is 2.34. The normalized spacial score (nSPS) is 37.1. The second-order valence-corrected chi connectivity index (χ2v) is 4.97. The van der Waals surface area contributed by atoms with Gasteiger partial charge in [0.15, 0.2) is 6.29 Å². The molecule has 5 nitrogen and oxygen atoms in total. The number of ether oxygens (including phenoxy) is 4. The molecule has 1 saturated carbocycles. The summed E-state index contributed by atoms with van der Waals surface area (Å²) >= 11 is 0. The Hall–Kier alpha value is -0.670. The Morgan fingerprint density at radius 2 is 1.83 bits per heavy atom. The molecule has 1 saturated heterocycles. The molecule has 0 amide bonds. The Kier molecular flexibility index (Phi) is 5.39. The quantitative estimate of drug-likeness (QED) is 0.715. The lowest BCUT2D eigenvalue weighted by Crippen LogP contribution is -2.42. The van der Waals surface area contributed by atoms with Gasteiger partial charge >= 0.3 is 0 Å². The van der Waals surface area contributed by atoms with Gasteiger partial charge in [-0.15, -0.1) is 0 Å². The molecule has 0 spiro atoms. The minimum atomic E-state index is -0.118. The molecule has 102 valence electrons. The summed E-state index contributed by atoms with van der Waals surface area (Å²) in [7, 11) is 1.60. The highest BCUT2D eigenvalue weighted by Crippen LogP contribution is 2.33. The second kappa shape index (κ2) is 7.05. The molecule has 0 radical (unpaired) electrons. The van der Waals surface area contributed by atoms with Crippen LogP contribution in [-0.2, 0) is 18.9 Å². The lowest BCUT2D eigenvalue weighted by Gasteiger charge is -2.36. The summed E-state index contributed by atoms with van der Waals surface area (Å²) in [6.07, 6.45) is 3.82. The van der Waals surface area contributed by atoms with Crippen LogP contribution >= 0.6 is 0 Å². The van der Waals surface area contributed by atoms with Gasteiger partial charge in [-0.3, -0.25) is 0 Å². The van der Waals surface area contributed by atoms with Crippen molar-refractivity contribution in [2.45, 2.75) is 38.1 Å². The van der Waals surface area contributed by atoms with Crippen molar-refractivity contribution in [3.05, 3.63) is 0 Å². The number of rotatable bonds is 4. The van der Waals surface area contributed by atoms with Gasteiger partial charge in [-0.2, -0.15) is 5.26 Å². The summed E-state index contributed by atoms with van der Waals surface area (Å²) in [5.41, 5.74) is 0. The van der Waals surface area contributed by atoms with E-state index in [4.69, 9.17) is 24.2 Å². The van der Waals surface area contributed by atoms with Gasteiger partial charge in [-0.05, 0) is 25.7 Å². The van der Waals surface area contributed by atoms with E-state index in [9.17, 15) is 0 Å². The molecule has 2 aliphatic rings. The highest BCUT2D eigenvalue weighted by Gasteiger charge is 2.32. The Labute approximate surface area is 108 Å². The third-order valence-corrected chi connectivity index (χ3v) is 3.65. The van der Waals surface area contributed by atoms with Gasteiger partial charge in [0.2, 0.25) is 0 Å². The van der Waals surface area contributed by atoms with Crippen LogP contribution in [0.2, 0.25) is 0 Å². The monoisotopic (exact) mass is 255 g/mol. The molecule has 2 fully saturated rings. The molecule has 0 unspecified atom stereocenters. The topological polar surface area (TPSA) is 60.7 Å². The first-order chi connectivity index (χ1) is 8.83. The largest absolute Gasteiger partial charge is 0.359 e. The van der Waals surface area contributed by atoms with Gasteiger partial charge < -0.3 is 18.9 Å². The van der Waals surface area contributed by atoms with Crippen molar-refractivity contribution >= 4 is 0 Å². The standard InChI is InChI=1S/C13H21NO4/c1-15-9-18-12-7-16-13(17-8-12)11-4-2-10(6-14)3-5-11/h10-13H,2-5,7-9H2,1H3/t10?,11?,12-,13-. The first-order valence-corrected chi connectivity index (χ1v) is 6.57. The summed E-state index contributed by atoms with van der Waals surface area (Å²) in [6.45, 7) is 1.40. The Bertz CT molecular complexity index is 275. The van der Waals surface area contributed by atoms with Crippen LogP contribution in [0.25, 0.3) is 0 Å². The van der Waals surface area contributed by atoms with Crippen LogP contribution in [-0.4, -0.2) is 39.5 Å². The lowest BCUT2D eigenvalue weighted by molar-refractivity contribution is -0.258. The zero-order valence-electron chi connectivity index (χ0n) is 10.8. The highest BCUT2D eigenvalue weighted by atomic mass is 16.7. The van der Waals surface area contributed by atoms with Crippen LogP contribution in [0.1, 0.15) is 25.7 Å². The van der Waals surface area contributed by atoms with Crippen molar-refractivity contribution in [2.24, 2.45) is 11.8 Å². The fraction of sp³-hybridized carbons (Fsp3) is 0.923. The fourth-order valence-electron chi connectivity index (χ4n) is 2.55. The molecule has 18 heavy (non-hydrogen) atoms. The number of nitrogens with zero attached hydrogens (tertiary/aromatic N) is 1. The van der Waals surface area contributed by atoms with Gasteiger partial charge in [0, 0.05) is 18.9 Å². The predicted molar refractivity (Wildman–Crippen MR) is 63.5 cm³/mol. The first kappa shape index (κ1) is 13.8. The number of hydrogen-bond acceptors (Lipinski definition) is 5. The van der Waals surface area contributed by atoms with Crippen LogP contribution in [0.5, 0.6) is 0 Å². The molecular weight excluding hydrogens is 234 g/mol. The van der Waals surface area contributed by atoms with Crippen molar-refractivity contribution in [1.82, 2.24) is 0 Å². The zero-order valence-corrected chi connectivity index (χ0v) is 10.8. The Morgan fingerprint density at radius 1 is 1.17 bits per heavy atom. The Balaban J connectivity index is 1.69. The smallest absolute Gasteiger partial charge is 0.160 e. The summed E-state index contributed by atoms with van der Waals surface area (Å²) in [5, 5.41) is 8.86. The maximum Gasteiger partial charge on any atom is 0.160 e. The molecule has 0 aromatic heterocycles. The zero-order chi connectivity index (χ0) is 12.8. The fourth-order valence-corrected chi connectivity index (χ4v) is 2.55. The van der Waals surface area contributed by atoms with Gasteiger partial charge in [-0.1, -0.05) is 0 Å². The third-order valence-electron chi connectivity index (χ3n) is 3.65. The maximum absolute atomic E-state index is 8.86. The van der Waals surface area contributed by atoms with E-state index in [0.29, 0.717) is 19.1 Å². The SMILES string of the molecule is COCO[C@H]1CO[C@H](C2CCC(C#N)CC2)OC1.